The molecule has 0 N–H and O–H groups in total. The molecule has 0 aliphatic carbocycles. The molecule has 0 bridgehead atoms. The van der Waals surface area contributed by atoms with Crippen LogP contribution in [0.3, 0.4) is 0 Å². The maximum atomic E-state index is 13.7. The number of aryl methyl sites for hydroxylation is 1. The Hall–Kier alpha value is -1.15. The van der Waals surface area contributed by atoms with Crippen LogP contribution in [0.2, 0.25) is 5.02 Å². The molecule has 1 heterocycles. The van der Waals surface area contributed by atoms with E-state index in [1.807, 2.05) is 6.07 Å². The summed E-state index contributed by atoms with van der Waals surface area (Å²) in [5, 5.41) is 1.83. The van der Waals surface area contributed by atoms with E-state index in [-0.39, 0.29) is 0 Å². The van der Waals surface area contributed by atoms with Crippen molar-refractivity contribution in [1.29, 1.82) is 0 Å². The summed E-state index contributed by atoms with van der Waals surface area (Å²) in [4.78, 5) is 3.95. The molecule has 0 saturated carbocycles. The van der Waals surface area contributed by atoms with E-state index in [2.05, 4.69) is 11.9 Å². The van der Waals surface area contributed by atoms with Gasteiger partial charge in [-0.2, -0.15) is 4.39 Å². The van der Waals surface area contributed by atoms with Crippen molar-refractivity contribution >= 4 is 22.4 Å². The van der Waals surface area contributed by atoms with E-state index in [0.717, 1.165) is 30.3 Å². The minimum absolute atomic E-state index is 0.425. The fourth-order valence-corrected chi connectivity index (χ4v) is 1.96. The molecule has 0 aliphatic rings. The normalized spacial score (nSPS) is 10.9. The molecule has 2 rings (SSSR count). The van der Waals surface area contributed by atoms with Crippen molar-refractivity contribution in [2.24, 2.45) is 0 Å². The van der Waals surface area contributed by atoms with Gasteiger partial charge in [0.25, 0.3) is 0 Å². The fraction of sp³-hybridized carbons (Fsp3) is 0.308. The number of hydrogen-bond acceptors (Lipinski definition) is 1. The molecular formula is C13H13ClFN. The van der Waals surface area contributed by atoms with Crippen LogP contribution in [0.4, 0.5) is 4.39 Å². The Morgan fingerprint density at radius 2 is 2.12 bits per heavy atom. The molecule has 84 valence electrons. The molecule has 0 atom stereocenters. The molecule has 0 unspecified atom stereocenters. The molecule has 0 amide bonds. The number of nitrogens with zero attached hydrogens (tertiary/aromatic N) is 1. The quantitative estimate of drug-likeness (QED) is 0.723. The average molecular weight is 238 g/mol. The summed E-state index contributed by atoms with van der Waals surface area (Å²) in [6, 6.07) is 7.09. The van der Waals surface area contributed by atoms with Gasteiger partial charge in [0.05, 0.1) is 0 Å². The Morgan fingerprint density at radius 1 is 1.31 bits per heavy atom. The minimum atomic E-state index is -0.425. The Labute approximate surface area is 99.3 Å². The first kappa shape index (κ1) is 11.3. The lowest BCUT2D eigenvalue weighted by Gasteiger charge is -2.05. The number of halogens is 2. The van der Waals surface area contributed by atoms with Crippen LogP contribution in [0, 0.1) is 5.95 Å². The molecule has 0 fully saturated rings. The number of aromatic nitrogens is 1. The van der Waals surface area contributed by atoms with Crippen molar-refractivity contribution in [2.75, 3.05) is 0 Å². The van der Waals surface area contributed by atoms with Crippen molar-refractivity contribution in [3.05, 3.63) is 40.9 Å². The standard InChI is InChI=1S/C13H13ClFN/c1-2-3-5-9-8-11-10(13(15)16-9)6-4-7-12(11)14/h4,6-8H,2-3,5H2,1H3. The number of benzene rings is 1. The lowest BCUT2D eigenvalue weighted by atomic mass is 10.1. The molecule has 0 saturated heterocycles. The van der Waals surface area contributed by atoms with Gasteiger partial charge in [-0.15, -0.1) is 0 Å². The first-order valence-corrected chi connectivity index (χ1v) is 5.84. The Bertz CT molecular complexity index is 511. The van der Waals surface area contributed by atoms with Crippen molar-refractivity contribution in [1.82, 2.24) is 4.98 Å². The highest BCUT2D eigenvalue weighted by Crippen LogP contribution is 2.25. The summed E-state index contributed by atoms with van der Waals surface area (Å²) in [6.07, 6.45) is 2.89. The second-order valence-electron chi connectivity index (χ2n) is 3.84. The van der Waals surface area contributed by atoms with Gasteiger partial charge >= 0.3 is 0 Å². The van der Waals surface area contributed by atoms with E-state index < -0.39 is 5.95 Å². The Morgan fingerprint density at radius 3 is 2.88 bits per heavy atom. The molecule has 0 radical (unpaired) electrons. The topological polar surface area (TPSA) is 12.9 Å². The predicted octanol–water partition coefficient (Wildman–Crippen LogP) is 4.37. The largest absolute Gasteiger partial charge is 0.224 e. The number of hydrogen-bond donors (Lipinski definition) is 0. The van der Waals surface area contributed by atoms with Gasteiger partial charge in [-0.25, -0.2) is 4.98 Å². The van der Waals surface area contributed by atoms with Gasteiger partial charge < -0.3 is 0 Å². The van der Waals surface area contributed by atoms with Gasteiger partial charge in [0.1, 0.15) is 0 Å². The van der Waals surface area contributed by atoms with Gasteiger partial charge in [-0.05, 0) is 31.0 Å². The Balaban J connectivity index is 2.52. The van der Waals surface area contributed by atoms with E-state index >= 15 is 0 Å². The van der Waals surface area contributed by atoms with Crippen LogP contribution < -0.4 is 0 Å². The van der Waals surface area contributed by atoms with Crippen LogP contribution in [0.1, 0.15) is 25.5 Å². The van der Waals surface area contributed by atoms with Crippen molar-refractivity contribution in [3.8, 4) is 0 Å². The summed E-state index contributed by atoms with van der Waals surface area (Å²) in [5.41, 5.74) is 0.778. The molecule has 0 spiro atoms. The van der Waals surface area contributed by atoms with Crippen LogP contribution in [-0.4, -0.2) is 4.98 Å². The number of unbranched alkanes of at least 4 members (excludes halogenated alkanes) is 1. The van der Waals surface area contributed by atoms with Gasteiger partial charge in [-0.3, -0.25) is 0 Å². The molecule has 0 aliphatic heterocycles. The highest BCUT2D eigenvalue weighted by atomic mass is 35.5. The first-order valence-electron chi connectivity index (χ1n) is 5.46. The second-order valence-corrected chi connectivity index (χ2v) is 4.25. The molecule has 1 aromatic carbocycles. The third kappa shape index (κ3) is 2.17. The van der Waals surface area contributed by atoms with E-state index in [1.165, 1.54) is 0 Å². The van der Waals surface area contributed by atoms with Gasteiger partial charge in [-0.1, -0.05) is 31.0 Å². The summed E-state index contributed by atoms with van der Waals surface area (Å²) >= 11 is 6.04. The maximum Gasteiger partial charge on any atom is 0.221 e. The van der Waals surface area contributed by atoms with Crippen molar-refractivity contribution in [3.63, 3.8) is 0 Å². The van der Waals surface area contributed by atoms with E-state index in [9.17, 15) is 4.39 Å². The minimum Gasteiger partial charge on any atom is -0.224 e. The molecule has 2 aromatic rings. The fourth-order valence-electron chi connectivity index (χ4n) is 1.73. The molecule has 3 heteroatoms. The third-order valence-corrected chi connectivity index (χ3v) is 2.94. The lowest BCUT2D eigenvalue weighted by molar-refractivity contribution is 0.587. The second kappa shape index (κ2) is 4.79. The van der Waals surface area contributed by atoms with Crippen LogP contribution in [0.25, 0.3) is 10.8 Å². The maximum absolute atomic E-state index is 13.7. The molecule has 16 heavy (non-hydrogen) atoms. The Kier molecular flexibility index (Phi) is 3.39. The lowest BCUT2D eigenvalue weighted by Crippen LogP contribution is -1.95. The summed E-state index contributed by atoms with van der Waals surface area (Å²) in [6.45, 7) is 2.10. The molecular weight excluding hydrogens is 225 g/mol. The van der Waals surface area contributed by atoms with Gasteiger partial charge in [0, 0.05) is 21.5 Å². The zero-order valence-electron chi connectivity index (χ0n) is 9.13. The monoisotopic (exact) mass is 237 g/mol. The zero-order chi connectivity index (χ0) is 11.5. The average Bonchev–Trinajstić information content (AvgIpc) is 2.28. The van der Waals surface area contributed by atoms with Gasteiger partial charge in [0.2, 0.25) is 5.95 Å². The summed E-state index contributed by atoms with van der Waals surface area (Å²) in [7, 11) is 0. The number of fused-ring (bicyclic) bond motifs is 1. The number of pyridine rings is 1. The molecule has 1 nitrogen and oxygen atoms in total. The summed E-state index contributed by atoms with van der Waals surface area (Å²) in [5.74, 6) is -0.425. The van der Waals surface area contributed by atoms with Crippen LogP contribution in [0.15, 0.2) is 24.3 Å². The van der Waals surface area contributed by atoms with Crippen LogP contribution in [-0.2, 0) is 6.42 Å². The highest BCUT2D eigenvalue weighted by Gasteiger charge is 2.07. The first-order chi connectivity index (χ1) is 7.72. The van der Waals surface area contributed by atoms with Crippen molar-refractivity contribution < 1.29 is 4.39 Å². The van der Waals surface area contributed by atoms with Crippen LogP contribution in [0.5, 0.6) is 0 Å². The molecule has 1 aromatic heterocycles. The number of rotatable bonds is 3. The van der Waals surface area contributed by atoms with Crippen LogP contribution >= 0.6 is 11.6 Å². The third-order valence-electron chi connectivity index (χ3n) is 2.61. The van der Waals surface area contributed by atoms with Gasteiger partial charge in [0.15, 0.2) is 0 Å². The summed E-state index contributed by atoms with van der Waals surface area (Å²) < 4.78 is 13.7. The smallest absolute Gasteiger partial charge is 0.221 e. The van der Waals surface area contributed by atoms with E-state index in [0.29, 0.717) is 10.4 Å². The zero-order valence-corrected chi connectivity index (χ0v) is 9.89. The highest BCUT2D eigenvalue weighted by molar-refractivity contribution is 6.35. The van der Waals surface area contributed by atoms with E-state index in [1.54, 1.807) is 18.2 Å². The SMILES string of the molecule is CCCCc1cc2c(Cl)cccc2c(F)n1. The van der Waals surface area contributed by atoms with E-state index in [4.69, 9.17) is 11.6 Å². The predicted molar refractivity (Wildman–Crippen MR) is 65.3 cm³/mol. The van der Waals surface area contributed by atoms with Crippen molar-refractivity contribution in [2.45, 2.75) is 26.2 Å².